The van der Waals surface area contributed by atoms with Crippen LogP contribution >= 0.6 is 0 Å². The van der Waals surface area contributed by atoms with Gasteiger partial charge in [0.2, 0.25) is 0 Å². The van der Waals surface area contributed by atoms with Crippen molar-refractivity contribution in [3.8, 4) is 11.3 Å². The molecular formula is C30H34FN7O3S. The highest BCUT2D eigenvalue weighted by Gasteiger charge is 2.27. The highest BCUT2D eigenvalue weighted by Crippen LogP contribution is 2.36. The van der Waals surface area contributed by atoms with Gasteiger partial charge in [-0.05, 0) is 61.6 Å². The molecule has 0 bridgehead atoms. The number of nitrogen functional groups attached to an aromatic ring is 1. The van der Waals surface area contributed by atoms with Crippen LogP contribution < -0.4 is 15.8 Å². The lowest BCUT2D eigenvalue weighted by atomic mass is 9.92. The molecule has 3 aromatic heterocycles. The Balaban J connectivity index is 1.35. The Kier molecular flexibility index (Phi) is 7.46. The van der Waals surface area contributed by atoms with E-state index in [0.29, 0.717) is 28.9 Å². The van der Waals surface area contributed by atoms with Crippen molar-refractivity contribution < 1.29 is 17.5 Å². The van der Waals surface area contributed by atoms with Crippen LogP contribution in [0.15, 0.2) is 53.8 Å². The molecule has 0 radical (unpaired) electrons. The van der Waals surface area contributed by atoms with Gasteiger partial charge in [-0.25, -0.2) is 19.3 Å². The maximum absolute atomic E-state index is 15.4. The average molecular weight is 592 g/mol. The molecule has 42 heavy (non-hydrogen) atoms. The quantitative estimate of drug-likeness (QED) is 0.269. The van der Waals surface area contributed by atoms with Gasteiger partial charge in [0.15, 0.2) is 5.03 Å². The minimum absolute atomic E-state index is 0.0433. The molecule has 1 fully saturated rings. The van der Waals surface area contributed by atoms with Crippen molar-refractivity contribution in [1.29, 1.82) is 0 Å². The van der Waals surface area contributed by atoms with Crippen molar-refractivity contribution in [2.24, 2.45) is 0 Å². The summed E-state index contributed by atoms with van der Waals surface area (Å²) in [7, 11) is -4.08. The number of benzene rings is 1. The Morgan fingerprint density at radius 2 is 1.95 bits per heavy atom. The number of allylic oxidation sites excluding steroid dienone is 1. The Bertz CT molecular complexity index is 1800. The van der Waals surface area contributed by atoms with Gasteiger partial charge in [0.25, 0.3) is 10.0 Å². The number of nitrogens with two attached hydrogens (primary N) is 1. The lowest BCUT2D eigenvalue weighted by Crippen LogP contribution is -2.50. The van der Waals surface area contributed by atoms with Gasteiger partial charge in [-0.2, -0.15) is 8.42 Å². The number of hydrogen-bond acceptors (Lipinski definition) is 8. The van der Waals surface area contributed by atoms with Crippen molar-refractivity contribution in [3.63, 3.8) is 0 Å². The molecule has 12 heteroatoms. The van der Waals surface area contributed by atoms with Crippen LogP contribution in [-0.4, -0.2) is 53.1 Å². The monoisotopic (exact) mass is 591 g/mol. The van der Waals surface area contributed by atoms with E-state index in [-0.39, 0.29) is 22.4 Å². The molecule has 0 spiro atoms. The number of ether oxygens (including phenoxy) is 1. The molecule has 6 rings (SSSR count). The van der Waals surface area contributed by atoms with Gasteiger partial charge in [-0.15, -0.1) is 0 Å². The van der Waals surface area contributed by atoms with Crippen molar-refractivity contribution in [2.75, 3.05) is 23.7 Å². The van der Waals surface area contributed by atoms with Crippen LogP contribution in [0.25, 0.3) is 22.3 Å². The molecule has 1 saturated heterocycles. The lowest BCUT2D eigenvalue weighted by molar-refractivity contribution is -0.0103. The first-order valence-electron chi connectivity index (χ1n) is 14.1. The standard InChI is InChI=1S/C30H34FN7O3S/c1-17(2)30-36-27(20-6-9-24(23(31)13-20)37-42(39,40)26-12-18(3)10-11-33-26)28-29(32)34-14-25(38(28)30)19-4-7-21(8-5-19)35-22-15-41-16-22/h4,6,9-14,17,21-22,35,37H,5,7-8,15-16H2,1-3H3,(H2,32,34)/t21-/m0/s1. The maximum Gasteiger partial charge on any atom is 0.279 e. The first-order valence-corrected chi connectivity index (χ1v) is 15.5. The second kappa shape index (κ2) is 11.1. The fourth-order valence-electron chi connectivity index (χ4n) is 5.46. The van der Waals surface area contributed by atoms with E-state index in [1.807, 2.05) is 18.2 Å². The number of aryl methyl sites for hydroxylation is 1. The molecule has 2 aliphatic rings. The SMILES string of the molecule is Cc1ccnc(S(=O)(=O)Nc2ccc(-c3nc(C(C)C)n4c(C5=CC[C@H](NC6COC6)CC5)cnc(N)c34)cc2F)c1. The summed E-state index contributed by atoms with van der Waals surface area (Å²) in [6.07, 6.45) is 8.20. The molecule has 220 valence electrons. The van der Waals surface area contributed by atoms with E-state index in [2.05, 4.69) is 26.1 Å². The Morgan fingerprint density at radius 1 is 1.14 bits per heavy atom. The first-order chi connectivity index (χ1) is 20.1. The number of halogens is 1. The number of imidazole rings is 1. The molecule has 1 aliphatic heterocycles. The minimum Gasteiger partial charge on any atom is -0.382 e. The number of anilines is 2. The highest BCUT2D eigenvalue weighted by molar-refractivity contribution is 7.92. The van der Waals surface area contributed by atoms with Crippen molar-refractivity contribution in [3.05, 3.63) is 71.7 Å². The number of fused-ring (bicyclic) bond motifs is 1. The van der Waals surface area contributed by atoms with E-state index in [4.69, 9.17) is 15.5 Å². The van der Waals surface area contributed by atoms with Gasteiger partial charge < -0.3 is 15.8 Å². The predicted octanol–water partition coefficient (Wildman–Crippen LogP) is 4.67. The van der Waals surface area contributed by atoms with Crippen LogP contribution in [-0.2, 0) is 14.8 Å². The normalized spacial score (nSPS) is 17.8. The zero-order valence-corrected chi connectivity index (χ0v) is 24.6. The molecule has 0 saturated carbocycles. The second-order valence-corrected chi connectivity index (χ2v) is 12.9. The largest absolute Gasteiger partial charge is 0.382 e. The Labute approximate surface area is 244 Å². The molecular weight excluding hydrogens is 557 g/mol. The van der Waals surface area contributed by atoms with Crippen molar-refractivity contribution in [1.82, 2.24) is 24.7 Å². The number of sulfonamides is 1. The second-order valence-electron chi connectivity index (χ2n) is 11.3. The summed E-state index contributed by atoms with van der Waals surface area (Å²) in [5.41, 5.74) is 10.6. The third kappa shape index (κ3) is 5.37. The topological polar surface area (TPSA) is 137 Å². The number of pyridine rings is 1. The van der Waals surface area contributed by atoms with E-state index in [1.165, 1.54) is 30.0 Å². The number of rotatable bonds is 8. The highest BCUT2D eigenvalue weighted by atomic mass is 32.2. The van der Waals surface area contributed by atoms with Gasteiger partial charge in [-0.1, -0.05) is 26.0 Å². The molecule has 0 amide bonds. The van der Waals surface area contributed by atoms with Crippen LogP contribution in [0.5, 0.6) is 0 Å². The smallest absolute Gasteiger partial charge is 0.279 e. The van der Waals surface area contributed by atoms with Crippen molar-refractivity contribution in [2.45, 2.75) is 63.1 Å². The molecule has 4 aromatic rings. The van der Waals surface area contributed by atoms with Gasteiger partial charge in [-0.3, -0.25) is 9.12 Å². The summed E-state index contributed by atoms with van der Waals surface area (Å²) >= 11 is 0. The van der Waals surface area contributed by atoms with E-state index in [1.54, 1.807) is 25.3 Å². The fraction of sp³-hybridized carbons (Fsp3) is 0.367. The van der Waals surface area contributed by atoms with Crippen molar-refractivity contribution >= 4 is 32.6 Å². The predicted molar refractivity (Wildman–Crippen MR) is 160 cm³/mol. The van der Waals surface area contributed by atoms with Crippen LogP contribution in [0.4, 0.5) is 15.9 Å². The Morgan fingerprint density at radius 3 is 2.60 bits per heavy atom. The summed E-state index contributed by atoms with van der Waals surface area (Å²) in [5, 5.41) is 3.47. The zero-order chi connectivity index (χ0) is 29.6. The lowest BCUT2D eigenvalue weighted by Gasteiger charge is -2.33. The van der Waals surface area contributed by atoms with Crippen LogP contribution in [0.3, 0.4) is 0 Å². The number of aromatic nitrogens is 4. The number of hydrogen-bond donors (Lipinski definition) is 3. The van der Waals surface area contributed by atoms with Crippen LogP contribution in [0, 0.1) is 12.7 Å². The average Bonchev–Trinajstić information content (AvgIpc) is 3.35. The Hall–Kier alpha value is -3.87. The third-order valence-corrected chi connectivity index (χ3v) is 8.99. The molecule has 0 unspecified atom stereocenters. The summed E-state index contributed by atoms with van der Waals surface area (Å²) in [4.78, 5) is 13.4. The molecule has 1 aliphatic carbocycles. The number of nitrogens with one attached hydrogen (secondary N) is 2. The minimum atomic E-state index is -4.08. The molecule has 4 N–H and O–H groups in total. The summed E-state index contributed by atoms with van der Waals surface area (Å²) in [5.74, 6) is 0.364. The summed E-state index contributed by atoms with van der Waals surface area (Å²) in [6.45, 7) is 7.39. The van der Waals surface area contributed by atoms with E-state index in [0.717, 1.165) is 49.6 Å². The molecule has 1 atom stereocenters. The maximum atomic E-state index is 15.4. The molecule has 10 nitrogen and oxygen atoms in total. The van der Waals surface area contributed by atoms with Gasteiger partial charge in [0, 0.05) is 23.7 Å². The molecule has 4 heterocycles. The van der Waals surface area contributed by atoms with Crippen LogP contribution in [0.2, 0.25) is 0 Å². The van der Waals surface area contributed by atoms with Gasteiger partial charge >= 0.3 is 0 Å². The molecule has 1 aromatic carbocycles. The zero-order valence-electron chi connectivity index (χ0n) is 23.8. The first kappa shape index (κ1) is 28.3. The number of nitrogens with zero attached hydrogens (tertiary/aromatic N) is 4. The van der Waals surface area contributed by atoms with E-state index < -0.39 is 15.8 Å². The van der Waals surface area contributed by atoms with Gasteiger partial charge in [0.05, 0.1) is 36.8 Å². The summed E-state index contributed by atoms with van der Waals surface area (Å²) in [6, 6.07) is 8.22. The van der Waals surface area contributed by atoms with E-state index in [9.17, 15) is 8.42 Å². The van der Waals surface area contributed by atoms with E-state index >= 15 is 4.39 Å². The fourth-order valence-corrected chi connectivity index (χ4v) is 6.56. The van der Waals surface area contributed by atoms with Crippen LogP contribution in [0.1, 0.15) is 56.1 Å². The van der Waals surface area contributed by atoms with Gasteiger partial charge in [0.1, 0.15) is 28.7 Å². The summed E-state index contributed by atoms with van der Waals surface area (Å²) < 4.78 is 50.7. The third-order valence-electron chi connectivity index (χ3n) is 7.73.